The molecule has 0 aliphatic heterocycles. The monoisotopic (exact) mass is 354 g/mol. The number of urea groups is 1. The fourth-order valence-electron chi connectivity index (χ4n) is 3.06. The van der Waals surface area contributed by atoms with Crippen molar-refractivity contribution in [3.8, 4) is 0 Å². The van der Waals surface area contributed by atoms with Crippen LogP contribution in [0.5, 0.6) is 0 Å². The first kappa shape index (κ1) is 18.1. The molecular weight excluding hydrogens is 328 g/mol. The van der Waals surface area contributed by atoms with Gasteiger partial charge in [-0.15, -0.1) is 0 Å². The van der Waals surface area contributed by atoms with E-state index in [-0.39, 0.29) is 12.1 Å². The number of hydrogen-bond acceptors (Lipinski definition) is 3. The van der Waals surface area contributed by atoms with E-state index < -0.39 is 0 Å². The lowest BCUT2D eigenvalue weighted by Crippen LogP contribution is -2.40. The van der Waals surface area contributed by atoms with Gasteiger partial charge in [0.15, 0.2) is 0 Å². The van der Waals surface area contributed by atoms with Gasteiger partial charge in [0.2, 0.25) is 0 Å². The van der Waals surface area contributed by atoms with Crippen LogP contribution in [0.4, 0.5) is 4.79 Å². The van der Waals surface area contributed by atoms with Crippen molar-refractivity contribution in [3.63, 3.8) is 0 Å². The molecule has 3 aromatic rings. The molecule has 2 amide bonds. The van der Waals surface area contributed by atoms with E-state index in [1.54, 1.807) is 6.26 Å². The lowest BCUT2D eigenvalue weighted by molar-refractivity contribution is 0.225. The molecule has 2 heterocycles. The van der Waals surface area contributed by atoms with E-state index >= 15 is 0 Å². The maximum Gasteiger partial charge on any atom is 0.314 e. The quantitative estimate of drug-likeness (QED) is 0.611. The molecule has 3 rings (SSSR count). The first-order valence-corrected chi connectivity index (χ1v) is 8.90. The first-order chi connectivity index (χ1) is 12.6. The Morgan fingerprint density at radius 3 is 2.77 bits per heavy atom. The van der Waals surface area contributed by atoms with Gasteiger partial charge >= 0.3 is 6.03 Å². The second-order valence-electron chi connectivity index (χ2n) is 6.55. The van der Waals surface area contributed by atoms with Gasteiger partial charge in [0.1, 0.15) is 5.76 Å². The summed E-state index contributed by atoms with van der Waals surface area (Å²) in [4.78, 5) is 14.1. The molecule has 0 aliphatic carbocycles. The van der Waals surface area contributed by atoms with Crippen LogP contribution in [-0.4, -0.2) is 42.7 Å². The fraction of sp³-hybridized carbons (Fsp3) is 0.350. The van der Waals surface area contributed by atoms with Crippen LogP contribution in [0.3, 0.4) is 0 Å². The fourth-order valence-corrected chi connectivity index (χ4v) is 3.06. The van der Waals surface area contributed by atoms with Crippen molar-refractivity contribution < 1.29 is 9.21 Å². The molecule has 6 nitrogen and oxygen atoms in total. The van der Waals surface area contributed by atoms with Gasteiger partial charge in [0.25, 0.3) is 0 Å². The van der Waals surface area contributed by atoms with Gasteiger partial charge in [-0.05, 0) is 50.2 Å². The van der Waals surface area contributed by atoms with Gasteiger partial charge in [0.05, 0.1) is 12.3 Å². The highest BCUT2D eigenvalue weighted by Crippen LogP contribution is 2.17. The number of aryl methyl sites for hydroxylation is 1. The third-order valence-corrected chi connectivity index (χ3v) is 4.49. The molecule has 0 radical (unpaired) electrons. The van der Waals surface area contributed by atoms with Crippen LogP contribution >= 0.6 is 0 Å². The summed E-state index contributed by atoms with van der Waals surface area (Å²) < 4.78 is 7.66. The summed E-state index contributed by atoms with van der Waals surface area (Å²) in [6, 6.07) is 14.1. The zero-order valence-corrected chi connectivity index (χ0v) is 15.3. The molecule has 1 unspecified atom stereocenters. The molecule has 0 aliphatic rings. The highest BCUT2D eigenvalue weighted by atomic mass is 16.3. The predicted molar refractivity (Wildman–Crippen MR) is 103 cm³/mol. The molecule has 2 N–H and O–H groups in total. The molecule has 1 atom stereocenters. The SMILES string of the molecule is CN(C)C(CNC(=O)NCCCn1ccc2ccccc21)c1ccco1. The summed E-state index contributed by atoms with van der Waals surface area (Å²) in [5.41, 5.74) is 1.23. The standard InChI is InChI=1S/C20H26N4O2/c1-23(2)18(19-9-5-14-26-19)15-22-20(25)21-11-6-12-24-13-10-16-7-3-4-8-17(16)24/h3-5,7-10,13-14,18H,6,11-12,15H2,1-2H3,(H2,21,22,25). The summed E-state index contributed by atoms with van der Waals surface area (Å²) in [6.45, 7) is 2.00. The van der Waals surface area contributed by atoms with E-state index in [4.69, 9.17) is 4.42 Å². The van der Waals surface area contributed by atoms with E-state index in [9.17, 15) is 4.79 Å². The summed E-state index contributed by atoms with van der Waals surface area (Å²) in [5.74, 6) is 0.842. The highest BCUT2D eigenvalue weighted by molar-refractivity contribution is 5.79. The number of aromatic nitrogens is 1. The Labute approximate surface area is 153 Å². The molecule has 138 valence electrons. The Morgan fingerprint density at radius 1 is 1.15 bits per heavy atom. The first-order valence-electron chi connectivity index (χ1n) is 8.90. The highest BCUT2D eigenvalue weighted by Gasteiger charge is 2.17. The number of nitrogens with zero attached hydrogens (tertiary/aromatic N) is 2. The minimum Gasteiger partial charge on any atom is -0.468 e. The lowest BCUT2D eigenvalue weighted by atomic mass is 10.2. The van der Waals surface area contributed by atoms with Crippen LogP contribution in [-0.2, 0) is 6.54 Å². The average molecular weight is 354 g/mol. The molecule has 0 fully saturated rings. The molecule has 0 saturated heterocycles. The summed E-state index contributed by atoms with van der Waals surface area (Å²) in [7, 11) is 3.93. The van der Waals surface area contributed by atoms with Gasteiger partial charge in [-0.2, -0.15) is 0 Å². The minimum atomic E-state index is -0.152. The van der Waals surface area contributed by atoms with Crippen molar-refractivity contribution in [1.82, 2.24) is 20.1 Å². The van der Waals surface area contributed by atoms with Crippen molar-refractivity contribution in [2.24, 2.45) is 0 Å². The maximum absolute atomic E-state index is 12.0. The largest absolute Gasteiger partial charge is 0.468 e. The Kier molecular flexibility index (Phi) is 5.96. The van der Waals surface area contributed by atoms with E-state index in [1.807, 2.05) is 43.3 Å². The Bertz CT molecular complexity index is 823. The van der Waals surface area contributed by atoms with Crippen molar-refractivity contribution >= 4 is 16.9 Å². The summed E-state index contributed by atoms with van der Waals surface area (Å²) in [6.07, 6.45) is 4.62. The molecule has 0 saturated carbocycles. The second kappa shape index (κ2) is 8.58. The van der Waals surface area contributed by atoms with Crippen molar-refractivity contribution in [3.05, 3.63) is 60.7 Å². The van der Waals surface area contributed by atoms with Crippen molar-refractivity contribution in [2.75, 3.05) is 27.2 Å². The smallest absolute Gasteiger partial charge is 0.314 e. The molecule has 0 bridgehead atoms. The second-order valence-corrected chi connectivity index (χ2v) is 6.55. The normalized spacial score (nSPS) is 12.4. The van der Waals surface area contributed by atoms with Crippen LogP contribution < -0.4 is 10.6 Å². The number of furan rings is 1. The number of rotatable bonds is 8. The minimum absolute atomic E-state index is 0.0157. The van der Waals surface area contributed by atoms with Crippen molar-refractivity contribution in [2.45, 2.75) is 19.0 Å². The summed E-state index contributed by atoms with van der Waals surface area (Å²) >= 11 is 0. The third-order valence-electron chi connectivity index (χ3n) is 4.49. The molecule has 0 spiro atoms. The van der Waals surface area contributed by atoms with Gasteiger partial charge in [0, 0.05) is 31.3 Å². The van der Waals surface area contributed by atoms with Gasteiger partial charge in [-0.3, -0.25) is 4.90 Å². The number of amides is 2. The Morgan fingerprint density at radius 2 is 2.00 bits per heavy atom. The van der Waals surface area contributed by atoms with Gasteiger partial charge in [-0.25, -0.2) is 4.79 Å². The number of carbonyl (C=O) groups is 1. The number of nitrogens with one attached hydrogen (secondary N) is 2. The molecular formula is C20H26N4O2. The molecule has 1 aromatic carbocycles. The van der Waals surface area contributed by atoms with E-state index in [0.29, 0.717) is 13.1 Å². The number of carbonyl (C=O) groups excluding carboxylic acids is 1. The number of likely N-dealkylation sites (N-methyl/N-ethyl adjacent to an activating group) is 1. The van der Waals surface area contributed by atoms with E-state index in [2.05, 4.69) is 39.6 Å². The van der Waals surface area contributed by atoms with E-state index in [1.165, 1.54) is 10.9 Å². The zero-order valence-electron chi connectivity index (χ0n) is 15.3. The molecule has 26 heavy (non-hydrogen) atoms. The van der Waals surface area contributed by atoms with Crippen LogP contribution in [0.1, 0.15) is 18.2 Å². The maximum atomic E-state index is 12.0. The third kappa shape index (κ3) is 4.46. The average Bonchev–Trinajstić information content (AvgIpc) is 3.29. The number of fused-ring (bicyclic) bond motifs is 1. The van der Waals surface area contributed by atoms with E-state index in [0.717, 1.165) is 18.7 Å². The van der Waals surface area contributed by atoms with Crippen molar-refractivity contribution in [1.29, 1.82) is 0 Å². The Hall–Kier alpha value is -2.73. The lowest BCUT2D eigenvalue weighted by Gasteiger charge is -2.22. The number of benzene rings is 1. The van der Waals surface area contributed by atoms with Gasteiger partial charge < -0.3 is 19.6 Å². The topological polar surface area (TPSA) is 62.4 Å². The van der Waals surface area contributed by atoms with Crippen LogP contribution in [0.2, 0.25) is 0 Å². The van der Waals surface area contributed by atoms with Crippen LogP contribution in [0.25, 0.3) is 10.9 Å². The zero-order chi connectivity index (χ0) is 18.4. The number of hydrogen-bond donors (Lipinski definition) is 2. The summed E-state index contributed by atoms with van der Waals surface area (Å²) in [5, 5.41) is 7.08. The molecule has 6 heteroatoms. The molecule has 2 aromatic heterocycles. The Balaban J connectivity index is 1.40. The van der Waals surface area contributed by atoms with Gasteiger partial charge in [-0.1, -0.05) is 18.2 Å². The van der Waals surface area contributed by atoms with Crippen LogP contribution in [0, 0.1) is 0 Å². The number of para-hydroxylation sites is 1. The van der Waals surface area contributed by atoms with Crippen LogP contribution in [0.15, 0.2) is 59.3 Å². The predicted octanol–water partition coefficient (Wildman–Crippen LogP) is 3.23.